The summed E-state index contributed by atoms with van der Waals surface area (Å²) in [7, 11) is 0. The summed E-state index contributed by atoms with van der Waals surface area (Å²) >= 11 is 12.4. The van der Waals surface area contributed by atoms with E-state index in [1.807, 2.05) is 60.7 Å². The molecule has 5 nitrogen and oxygen atoms in total. The molecule has 0 aliphatic carbocycles. The maximum Gasteiger partial charge on any atom is 0.333 e. The first-order chi connectivity index (χ1) is 16.0. The van der Waals surface area contributed by atoms with E-state index in [2.05, 4.69) is 0 Å². The summed E-state index contributed by atoms with van der Waals surface area (Å²) in [5, 5.41) is 1.12. The molecule has 1 heterocycles. The van der Waals surface area contributed by atoms with Crippen LogP contribution in [0.4, 0.5) is 0 Å². The van der Waals surface area contributed by atoms with Crippen LogP contribution in [-0.4, -0.2) is 30.0 Å². The molecule has 1 saturated heterocycles. The second-order valence-electron chi connectivity index (χ2n) is 7.65. The average molecular weight is 484 g/mol. The van der Waals surface area contributed by atoms with Gasteiger partial charge in [0.25, 0.3) is 0 Å². The molecule has 3 aromatic rings. The minimum Gasteiger partial charge on any atom is -0.464 e. The van der Waals surface area contributed by atoms with Crippen LogP contribution in [0.15, 0.2) is 78.9 Å². The number of ether oxygens (including phenoxy) is 2. The highest BCUT2D eigenvalue weighted by atomic mass is 35.5. The van der Waals surface area contributed by atoms with Crippen LogP contribution in [0.5, 0.6) is 0 Å². The van der Waals surface area contributed by atoms with Gasteiger partial charge in [-0.1, -0.05) is 77.8 Å². The Balaban J connectivity index is 1.88. The molecule has 1 aliphatic heterocycles. The number of amides is 1. The van der Waals surface area contributed by atoms with Gasteiger partial charge in [0.05, 0.1) is 12.6 Å². The number of nitrogens with zero attached hydrogens (tertiary/aromatic N) is 1. The lowest BCUT2D eigenvalue weighted by Crippen LogP contribution is -2.49. The Hall–Kier alpha value is -2.86. The average Bonchev–Trinajstić information content (AvgIpc) is 2.82. The van der Waals surface area contributed by atoms with E-state index in [1.54, 1.807) is 30.0 Å². The van der Waals surface area contributed by atoms with Gasteiger partial charge in [0.2, 0.25) is 5.91 Å². The van der Waals surface area contributed by atoms with Gasteiger partial charge in [0, 0.05) is 10.0 Å². The number of benzene rings is 3. The van der Waals surface area contributed by atoms with Crippen LogP contribution in [0.2, 0.25) is 10.0 Å². The highest BCUT2D eigenvalue weighted by Gasteiger charge is 2.45. The number of carbonyl (C=O) groups is 2. The molecular formula is C26H23Cl2NO4. The number of carbonyl (C=O) groups excluding carboxylic acids is 2. The van der Waals surface area contributed by atoms with Crippen LogP contribution in [-0.2, 0) is 19.1 Å². The Labute approximate surface area is 202 Å². The molecule has 0 spiro atoms. The molecule has 0 aromatic heterocycles. The molecule has 170 valence electrons. The fourth-order valence-corrected chi connectivity index (χ4v) is 4.48. The molecule has 0 bridgehead atoms. The third-order valence-electron chi connectivity index (χ3n) is 5.55. The number of halogens is 2. The van der Waals surface area contributed by atoms with Gasteiger partial charge >= 0.3 is 5.97 Å². The SMILES string of the molecule is CCOC(=O)C(c1ccccc1)N1C(=O)COC(c2cccc(Cl)c2)C1c1ccc(Cl)cc1. The van der Waals surface area contributed by atoms with Gasteiger partial charge in [-0.3, -0.25) is 4.79 Å². The fourth-order valence-electron chi connectivity index (χ4n) is 4.16. The van der Waals surface area contributed by atoms with Crippen molar-refractivity contribution in [2.24, 2.45) is 0 Å². The second kappa shape index (κ2) is 10.4. The predicted molar refractivity (Wildman–Crippen MR) is 127 cm³/mol. The van der Waals surface area contributed by atoms with E-state index in [-0.39, 0.29) is 19.1 Å². The zero-order valence-corrected chi connectivity index (χ0v) is 19.5. The Kier molecular flexibility index (Phi) is 7.33. The van der Waals surface area contributed by atoms with E-state index in [9.17, 15) is 9.59 Å². The number of rotatable bonds is 6. The molecule has 7 heteroatoms. The first kappa shape index (κ1) is 23.3. The number of esters is 1. The van der Waals surface area contributed by atoms with Crippen molar-refractivity contribution in [3.05, 3.63) is 106 Å². The topological polar surface area (TPSA) is 55.8 Å². The molecule has 1 fully saturated rings. The molecule has 0 saturated carbocycles. The Bertz CT molecular complexity index is 1120. The molecule has 3 atom stereocenters. The first-order valence-corrected chi connectivity index (χ1v) is 11.4. The molecular weight excluding hydrogens is 461 g/mol. The Morgan fingerprint density at radius 1 is 1.00 bits per heavy atom. The van der Waals surface area contributed by atoms with Gasteiger partial charge in [-0.05, 0) is 47.9 Å². The van der Waals surface area contributed by atoms with E-state index in [0.29, 0.717) is 15.6 Å². The van der Waals surface area contributed by atoms with Crippen LogP contribution >= 0.6 is 23.2 Å². The summed E-state index contributed by atoms with van der Waals surface area (Å²) in [6.07, 6.45) is -0.553. The van der Waals surface area contributed by atoms with Crippen molar-refractivity contribution < 1.29 is 19.1 Å². The molecule has 33 heavy (non-hydrogen) atoms. The van der Waals surface area contributed by atoms with Crippen molar-refractivity contribution in [3.8, 4) is 0 Å². The van der Waals surface area contributed by atoms with Crippen molar-refractivity contribution in [1.29, 1.82) is 0 Å². The van der Waals surface area contributed by atoms with Crippen LogP contribution in [0, 0.1) is 0 Å². The number of morpholine rings is 1. The quantitative estimate of drug-likeness (QED) is 0.407. The molecule has 3 aromatic carbocycles. The molecule has 0 N–H and O–H groups in total. The lowest BCUT2D eigenvalue weighted by atomic mass is 9.90. The van der Waals surface area contributed by atoms with Gasteiger partial charge in [-0.15, -0.1) is 0 Å². The van der Waals surface area contributed by atoms with E-state index < -0.39 is 24.2 Å². The predicted octanol–water partition coefficient (Wildman–Crippen LogP) is 5.94. The van der Waals surface area contributed by atoms with Crippen molar-refractivity contribution in [3.63, 3.8) is 0 Å². The normalized spacial score (nSPS) is 19.2. The zero-order valence-electron chi connectivity index (χ0n) is 18.0. The highest BCUT2D eigenvalue weighted by molar-refractivity contribution is 6.30. The molecule has 3 unspecified atom stereocenters. The maximum absolute atomic E-state index is 13.4. The number of hydrogen-bond acceptors (Lipinski definition) is 4. The summed E-state index contributed by atoms with van der Waals surface area (Å²) in [6, 6.07) is 22.1. The molecule has 1 amide bonds. The van der Waals surface area contributed by atoms with Gasteiger partial charge in [0.1, 0.15) is 12.7 Å². The standard InChI is InChI=1S/C26H23Cl2NO4/c1-2-32-26(31)24(17-7-4-3-5-8-17)29-22(30)16-33-25(19-9-6-10-21(28)15-19)23(29)18-11-13-20(27)14-12-18/h3-15,23-25H,2,16H2,1H3. The van der Waals surface area contributed by atoms with Gasteiger partial charge in [0.15, 0.2) is 6.04 Å². The van der Waals surface area contributed by atoms with Crippen LogP contribution in [0.1, 0.15) is 41.8 Å². The van der Waals surface area contributed by atoms with Crippen molar-refractivity contribution in [2.75, 3.05) is 13.2 Å². The van der Waals surface area contributed by atoms with Gasteiger partial charge in [-0.25, -0.2) is 4.79 Å². The molecule has 0 radical (unpaired) electrons. The summed E-state index contributed by atoms with van der Waals surface area (Å²) in [5.41, 5.74) is 2.24. The molecule has 1 aliphatic rings. The monoisotopic (exact) mass is 483 g/mol. The summed E-state index contributed by atoms with van der Waals surface area (Å²) in [6.45, 7) is 1.76. The van der Waals surface area contributed by atoms with E-state index in [1.165, 1.54) is 0 Å². The van der Waals surface area contributed by atoms with Gasteiger partial charge < -0.3 is 14.4 Å². The second-order valence-corrected chi connectivity index (χ2v) is 8.52. The minimum atomic E-state index is -0.940. The van der Waals surface area contributed by atoms with Crippen molar-refractivity contribution in [2.45, 2.75) is 25.1 Å². The summed E-state index contributed by atoms with van der Waals surface area (Å²) < 4.78 is 11.5. The zero-order chi connectivity index (χ0) is 23.4. The van der Waals surface area contributed by atoms with E-state index in [4.69, 9.17) is 32.7 Å². The van der Waals surface area contributed by atoms with Crippen LogP contribution in [0.25, 0.3) is 0 Å². The lowest BCUT2D eigenvalue weighted by molar-refractivity contribution is -0.174. The smallest absolute Gasteiger partial charge is 0.333 e. The third kappa shape index (κ3) is 5.06. The van der Waals surface area contributed by atoms with Crippen molar-refractivity contribution in [1.82, 2.24) is 4.90 Å². The van der Waals surface area contributed by atoms with Crippen LogP contribution < -0.4 is 0 Å². The van der Waals surface area contributed by atoms with Crippen LogP contribution in [0.3, 0.4) is 0 Å². The summed E-state index contributed by atoms with van der Waals surface area (Å²) in [5.74, 6) is -0.808. The third-order valence-corrected chi connectivity index (χ3v) is 6.04. The highest BCUT2D eigenvalue weighted by Crippen LogP contribution is 2.45. The Morgan fingerprint density at radius 3 is 2.39 bits per heavy atom. The largest absolute Gasteiger partial charge is 0.464 e. The Morgan fingerprint density at radius 2 is 1.73 bits per heavy atom. The van der Waals surface area contributed by atoms with E-state index >= 15 is 0 Å². The lowest BCUT2D eigenvalue weighted by Gasteiger charge is -2.44. The fraction of sp³-hybridized carbons (Fsp3) is 0.231. The number of hydrogen-bond donors (Lipinski definition) is 0. The van der Waals surface area contributed by atoms with E-state index in [0.717, 1.165) is 11.1 Å². The minimum absolute atomic E-state index is 0.177. The maximum atomic E-state index is 13.4. The first-order valence-electron chi connectivity index (χ1n) is 10.6. The van der Waals surface area contributed by atoms with Crippen molar-refractivity contribution >= 4 is 35.1 Å². The summed E-state index contributed by atoms with van der Waals surface area (Å²) in [4.78, 5) is 28.1. The molecule has 4 rings (SSSR count). The van der Waals surface area contributed by atoms with Gasteiger partial charge in [-0.2, -0.15) is 0 Å².